The fraction of sp³-hybridized carbons (Fsp3) is 0.400. The van der Waals surface area contributed by atoms with Crippen LogP contribution in [-0.2, 0) is 6.42 Å². The minimum Gasteiger partial charge on any atom is -0.508 e. The van der Waals surface area contributed by atoms with Gasteiger partial charge >= 0.3 is 0 Å². The van der Waals surface area contributed by atoms with E-state index in [-0.39, 0.29) is 51.9 Å². The summed E-state index contributed by atoms with van der Waals surface area (Å²) in [6.07, 6.45) is -1.44. The second-order valence-electron chi connectivity index (χ2n) is 9.36. The number of allylic oxidation sites excluding steroid dienone is 2. The van der Waals surface area contributed by atoms with Crippen molar-refractivity contribution < 1.29 is 39.8 Å². The summed E-state index contributed by atoms with van der Waals surface area (Å²) >= 11 is 0. The number of ether oxygens (including phenoxy) is 2. The van der Waals surface area contributed by atoms with Gasteiger partial charge in [0.15, 0.2) is 5.78 Å². The summed E-state index contributed by atoms with van der Waals surface area (Å²) in [5, 5.41) is 52.6. The molecule has 0 unspecified atom stereocenters. The van der Waals surface area contributed by atoms with Crippen molar-refractivity contribution in [3.05, 3.63) is 52.1 Å². The van der Waals surface area contributed by atoms with E-state index in [0.717, 1.165) is 11.6 Å². The maximum absolute atomic E-state index is 12.8. The molecule has 33 heavy (non-hydrogen) atoms. The molecule has 3 atom stereocenters. The average molecular weight is 456 g/mol. The molecule has 0 aromatic heterocycles. The van der Waals surface area contributed by atoms with E-state index >= 15 is 0 Å². The molecule has 0 spiro atoms. The molecule has 0 saturated carbocycles. The molecule has 2 aromatic carbocycles. The van der Waals surface area contributed by atoms with Crippen LogP contribution < -0.4 is 9.47 Å². The van der Waals surface area contributed by atoms with Crippen LogP contribution in [0.1, 0.15) is 73.4 Å². The molecule has 0 amide bonds. The number of aromatic hydroxyl groups is 3. The maximum Gasteiger partial charge on any atom is 0.174 e. The second-order valence-corrected chi connectivity index (χ2v) is 9.36. The van der Waals surface area contributed by atoms with Gasteiger partial charge in [0.25, 0.3) is 0 Å². The first-order valence-electron chi connectivity index (χ1n) is 10.7. The van der Waals surface area contributed by atoms with E-state index in [1.165, 1.54) is 12.1 Å². The fourth-order valence-corrected chi connectivity index (χ4v) is 4.31. The minimum absolute atomic E-state index is 0.00492. The van der Waals surface area contributed by atoms with Crippen LogP contribution in [0.25, 0.3) is 0 Å². The number of Topliss-reactive ketones (excluding diaryl/α,β-unsaturated/α-hetero) is 1. The molecule has 2 aromatic rings. The van der Waals surface area contributed by atoms with Gasteiger partial charge in [0.1, 0.15) is 58.2 Å². The lowest BCUT2D eigenvalue weighted by Crippen LogP contribution is -2.49. The normalized spacial score (nSPS) is 23.1. The topological polar surface area (TPSA) is 137 Å². The molecule has 8 heteroatoms. The van der Waals surface area contributed by atoms with Crippen molar-refractivity contribution in [2.24, 2.45) is 0 Å². The Kier molecular flexibility index (Phi) is 5.54. The Morgan fingerprint density at radius 2 is 1.82 bits per heavy atom. The van der Waals surface area contributed by atoms with Gasteiger partial charge < -0.3 is 35.0 Å². The average Bonchev–Trinajstić information content (AvgIpc) is 2.70. The Labute approximate surface area is 191 Å². The van der Waals surface area contributed by atoms with Gasteiger partial charge in [0.05, 0.1) is 6.42 Å². The largest absolute Gasteiger partial charge is 0.508 e. The third kappa shape index (κ3) is 3.89. The fourth-order valence-electron chi connectivity index (χ4n) is 4.31. The number of benzene rings is 2. The highest BCUT2D eigenvalue weighted by atomic mass is 16.5. The molecule has 176 valence electrons. The third-order valence-corrected chi connectivity index (χ3v) is 6.15. The molecule has 8 nitrogen and oxygen atoms in total. The summed E-state index contributed by atoms with van der Waals surface area (Å²) < 4.78 is 11.9. The predicted molar refractivity (Wildman–Crippen MR) is 119 cm³/mol. The Balaban J connectivity index is 1.87. The van der Waals surface area contributed by atoms with E-state index in [1.54, 1.807) is 13.8 Å². The Hall–Kier alpha value is -3.23. The van der Waals surface area contributed by atoms with Crippen LogP contribution in [0.2, 0.25) is 0 Å². The van der Waals surface area contributed by atoms with Gasteiger partial charge in [-0.2, -0.15) is 0 Å². The van der Waals surface area contributed by atoms with Gasteiger partial charge in [-0.15, -0.1) is 0 Å². The van der Waals surface area contributed by atoms with Crippen LogP contribution in [0.3, 0.4) is 0 Å². The van der Waals surface area contributed by atoms with Crippen LogP contribution in [0.4, 0.5) is 0 Å². The number of fused-ring (bicyclic) bond motifs is 2. The summed E-state index contributed by atoms with van der Waals surface area (Å²) in [6.45, 7) is 7.13. The van der Waals surface area contributed by atoms with Gasteiger partial charge in [-0.05, 0) is 40.2 Å². The van der Waals surface area contributed by atoms with Crippen LogP contribution in [0.5, 0.6) is 28.7 Å². The van der Waals surface area contributed by atoms with Crippen molar-refractivity contribution in [3.8, 4) is 28.7 Å². The molecule has 0 fully saturated rings. The van der Waals surface area contributed by atoms with Crippen LogP contribution in [0, 0.1) is 0 Å². The van der Waals surface area contributed by atoms with E-state index in [1.807, 2.05) is 19.9 Å². The number of phenols is 3. The first kappa shape index (κ1) is 22.9. The molecular formula is C25H28O8. The number of hydrogen-bond donors (Lipinski definition) is 5. The quantitative estimate of drug-likeness (QED) is 0.442. The summed E-state index contributed by atoms with van der Waals surface area (Å²) in [7, 11) is 0. The Morgan fingerprint density at radius 3 is 2.48 bits per heavy atom. The first-order chi connectivity index (χ1) is 15.4. The molecule has 0 radical (unpaired) electrons. The van der Waals surface area contributed by atoms with E-state index < -0.39 is 29.7 Å². The third-order valence-electron chi connectivity index (χ3n) is 6.15. The Bertz CT molecular complexity index is 1160. The number of carbonyl (C=O) groups is 1. The molecule has 2 aliphatic rings. The molecular weight excluding hydrogens is 428 g/mol. The molecule has 0 saturated heterocycles. The number of phenolic OH excluding ortho intramolecular Hbond substituents is 3. The smallest absolute Gasteiger partial charge is 0.174 e. The SMILES string of the molecule is CC(C)=CCc1c(O)c([C@@H]2CC(=O)c3c(O)cc(O)cc3O2)cc2c1OC(C)(C)[C@@H](O)[C@H]2O. The summed E-state index contributed by atoms with van der Waals surface area (Å²) in [6, 6.07) is 3.76. The van der Waals surface area contributed by atoms with E-state index in [2.05, 4.69) is 0 Å². The molecule has 0 bridgehead atoms. The lowest BCUT2D eigenvalue weighted by molar-refractivity contribution is -0.112. The monoisotopic (exact) mass is 456 g/mol. The number of hydrogen-bond acceptors (Lipinski definition) is 8. The molecule has 2 aliphatic heterocycles. The van der Waals surface area contributed by atoms with Gasteiger partial charge in [-0.1, -0.05) is 11.6 Å². The zero-order chi connectivity index (χ0) is 24.2. The highest BCUT2D eigenvalue weighted by Crippen LogP contribution is 2.50. The van der Waals surface area contributed by atoms with Crippen LogP contribution >= 0.6 is 0 Å². The van der Waals surface area contributed by atoms with E-state index in [4.69, 9.17) is 9.47 Å². The van der Waals surface area contributed by atoms with Crippen molar-refractivity contribution in [2.45, 2.75) is 64.4 Å². The van der Waals surface area contributed by atoms with Crippen molar-refractivity contribution in [2.75, 3.05) is 0 Å². The summed E-state index contributed by atoms with van der Waals surface area (Å²) in [5.74, 6) is -0.936. The maximum atomic E-state index is 12.8. The second kappa shape index (κ2) is 7.97. The Morgan fingerprint density at radius 1 is 1.12 bits per heavy atom. The zero-order valence-electron chi connectivity index (χ0n) is 18.9. The van der Waals surface area contributed by atoms with E-state index in [9.17, 15) is 30.3 Å². The standard InChI is InChI=1S/C25H28O8/c1-11(2)5-6-13-21(29)14(9-15-22(30)24(31)25(3,4)33-23(13)15)18-10-17(28)20-16(27)7-12(26)8-19(20)32-18/h5,7-9,18,22,24,26-27,29-31H,6,10H2,1-4H3/t18-,22-,24-/m0/s1. The molecule has 4 rings (SSSR count). The first-order valence-corrected chi connectivity index (χ1v) is 10.7. The van der Waals surface area contributed by atoms with Crippen LogP contribution in [0.15, 0.2) is 29.8 Å². The number of aliphatic hydroxyl groups is 2. The van der Waals surface area contributed by atoms with Crippen molar-refractivity contribution >= 4 is 5.78 Å². The predicted octanol–water partition coefficient (Wildman–Crippen LogP) is 3.58. The van der Waals surface area contributed by atoms with Gasteiger partial charge in [0, 0.05) is 28.8 Å². The molecule has 0 aliphatic carbocycles. The summed E-state index contributed by atoms with van der Waals surface area (Å²) in [4.78, 5) is 12.8. The van der Waals surface area contributed by atoms with Crippen LogP contribution in [-0.4, -0.2) is 43.0 Å². The van der Waals surface area contributed by atoms with Gasteiger partial charge in [-0.25, -0.2) is 0 Å². The molecule has 5 N–H and O–H groups in total. The van der Waals surface area contributed by atoms with E-state index in [0.29, 0.717) is 12.0 Å². The van der Waals surface area contributed by atoms with Gasteiger partial charge in [-0.3, -0.25) is 4.79 Å². The lowest BCUT2D eigenvalue weighted by Gasteiger charge is -2.41. The van der Waals surface area contributed by atoms with Crippen molar-refractivity contribution in [3.63, 3.8) is 0 Å². The van der Waals surface area contributed by atoms with Gasteiger partial charge in [0.2, 0.25) is 0 Å². The number of aliphatic hydroxyl groups excluding tert-OH is 2. The van der Waals surface area contributed by atoms with Crippen molar-refractivity contribution in [1.29, 1.82) is 0 Å². The number of ketones is 1. The number of carbonyl (C=O) groups excluding carboxylic acids is 1. The lowest BCUT2D eigenvalue weighted by atomic mass is 9.84. The van der Waals surface area contributed by atoms with Crippen molar-refractivity contribution in [1.82, 2.24) is 0 Å². The minimum atomic E-state index is -1.28. The highest BCUT2D eigenvalue weighted by molar-refractivity contribution is 6.02. The zero-order valence-corrected chi connectivity index (χ0v) is 18.9. The molecule has 2 heterocycles. The highest BCUT2D eigenvalue weighted by Gasteiger charge is 2.45. The summed E-state index contributed by atoms with van der Waals surface area (Å²) in [5.41, 5.74) is 0.809. The number of rotatable bonds is 3.